The van der Waals surface area contributed by atoms with Crippen molar-refractivity contribution in [2.24, 2.45) is 28.2 Å². The van der Waals surface area contributed by atoms with Gasteiger partial charge in [0.2, 0.25) is 31.3 Å². The number of alkyl halides is 2. The highest BCUT2D eigenvalue weighted by atomic mass is 31.2. The van der Waals surface area contributed by atoms with E-state index in [0.717, 1.165) is 53.6 Å². The molecule has 2 heterocycles. The Morgan fingerprint density at radius 1 is 0.855 bits per heavy atom. The average Bonchev–Trinajstić information content (AvgIpc) is 3.71. The van der Waals surface area contributed by atoms with Crippen molar-refractivity contribution in [2.45, 2.75) is 144 Å². The lowest BCUT2D eigenvalue weighted by Crippen LogP contribution is -2.54. The first-order valence-corrected chi connectivity index (χ1v) is 27.2. The largest absolute Gasteiger partial charge is 0.438 e. The molecule has 416 valence electrons. The van der Waals surface area contributed by atoms with Gasteiger partial charge in [0.15, 0.2) is 5.78 Å². The van der Waals surface area contributed by atoms with E-state index in [4.69, 9.17) is 39.5 Å². The predicted octanol–water partition coefficient (Wildman–Crippen LogP) is 8.59. The van der Waals surface area contributed by atoms with Gasteiger partial charge in [-0.05, 0) is 140 Å². The first-order valence-electron chi connectivity index (χ1n) is 25.7. The molecule has 2 aliphatic rings. The van der Waals surface area contributed by atoms with Gasteiger partial charge in [-0.1, -0.05) is 66.7 Å². The molecule has 0 aliphatic carbocycles. The van der Waals surface area contributed by atoms with Crippen LogP contribution in [0.4, 0.5) is 14.5 Å². The highest BCUT2D eigenvalue weighted by molar-refractivity contribution is 7.54. The van der Waals surface area contributed by atoms with Gasteiger partial charge in [-0.2, -0.15) is 8.78 Å². The molecule has 3 aromatic carbocycles. The topological polar surface area (TPSA) is 242 Å². The standard InChI is InChI=1S/C56H75F2N4O13P/c1-36(40-21-23-44(24-22-40)56(57,58)76(69,74-34-72-52(67)54(3,4)5)75-35-73-53(68)55(6,7)8)30-45(63)31-43-20-19-41-13-9-14-42-32-47(62(49(41)42)51(43)66)50(65)61-46(25-26-48(60)64)37(2)71-33-39-17-15-38(16-18-39)12-10-28-70-29-11-27-59/h9,13-18,21-24,30,37,43,46-47H,10-12,19-20,25-29,31-35,59H2,1-8H3,(H2,60,64)(H,61,65)/b36-30+/t37-,43-,46+,47+/m1/s1. The summed E-state index contributed by atoms with van der Waals surface area (Å²) in [6, 6.07) is 16.6. The number of para-hydroxylation sites is 1. The number of halogens is 2. The molecule has 0 radical (unpaired) electrons. The maximum Gasteiger partial charge on any atom is 0.410 e. The SMILES string of the molecule is C/C(=C\C(=O)C[C@H]1CCc2cccc3c2N(C1=O)[C@H](C(=O)N[C@@H](CCC(N)=O)[C@@H](C)OCc1ccc(CCCOCCCN)cc1)C3)c1ccc(C(F)(F)P(=O)(OCOC(=O)C(C)(C)C)OCOC(=O)C(C)(C)C)cc1. The van der Waals surface area contributed by atoms with Crippen LogP contribution in [-0.4, -0.2) is 87.0 Å². The Morgan fingerprint density at radius 2 is 1.45 bits per heavy atom. The molecule has 4 atom stereocenters. The summed E-state index contributed by atoms with van der Waals surface area (Å²) in [4.78, 5) is 80.9. The minimum atomic E-state index is -5.57. The zero-order chi connectivity index (χ0) is 56.0. The average molecular weight is 1080 g/mol. The summed E-state index contributed by atoms with van der Waals surface area (Å²) >= 11 is 0. The minimum absolute atomic E-state index is 0.0173. The van der Waals surface area contributed by atoms with Crippen LogP contribution in [0.25, 0.3) is 5.57 Å². The highest BCUT2D eigenvalue weighted by Gasteiger charge is 2.56. The van der Waals surface area contributed by atoms with Crippen LogP contribution in [0.2, 0.25) is 0 Å². The zero-order valence-electron chi connectivity index (χ0n) is 45.0. The Hall–Kier alpha value is -5.69. The maximum absolute atomic E-state index is 16.2. The number of hydrogen-bond donors (Lipinski definition) is 3. The number of benzene rings is 3. The molecule has 0 saturated heterocycles. The number of allylic oxidation sites excluding steroid dienone is 2. The second kappa shape index (κ2) is 27.1. The summed E-state index contributed by atoms with van der Waals surface area (Å²) in [5, 5.41) is 3.07. The number of ether oxygens (including phenoxy) is 4. The lowest BCUT2D eigenvalue weighted by Gasteiger charge is -2.31. The molecule has 3 amide bonds. The lowest BCUT2D eigenvalue weighted by molar-refractivity contribution is -0.163. The Bertz CT molecular complexity index is 2560. The number of primary amides is 1. The van der Waals surface area contributed by atoms with Crippen molar-refractivity contribution in [3.8, 4) is 0 Å². The molecule has 5 N–H and O–H groups in total. The number of hydrogen-bond acceptors (Lipinski definition) is 14. The van der Waals surface area contributed by atoms with Crippen LogP contribution >= 0.6 is 7.60 Å². The molecule has 0 saturated carbocycles. The zero-order valence-corrected chi connectivity index (χ0v) is 45.9. The Morgan fingerprint density at radius 3 is 2.04 bits per heavy atom. The van der Waals surface area contributed by atoms with Gasteiger partial charge in [0.05, 0.1) is 35.3 Å². The number of anilines is 1. The molecule has 0 bridgehead atoms. The third-order valence-electron chi connectivity index (χ3n) is 13.1. The Labute approximate surface area is 444 Å². The molecule has 2 aliphatic heterocycles. The van der Waals surface area contributed by atoms with Gasteiger partial charge >= 0.3 is 25.2 Å². The highest BCUT2D eigenvalue weighted by Crippen LogP contribution is 2.67. The summed E-state index contributed by atoms with van der Waals surface area (Å²) < 4.78 is 77.9. The first kappa shape index (κ1) is 61.2. The second-order valence-corrected chi connectivity index (χ2v) is 23.4. The number of carbonyl (C=O) groups is 6. The fraction of sp³-hybridized carbons (Fsp3) is 0.536. The fourth-order valence-corrected chi connectivity index (χ4v) is 9.80. The minimum Gasteiger partial charge on any atom is -0.438 e. The van der Waals surface area contributed by atoms with Gasteiger partial charge < -0.3 is 35.7 Å². The van der Waals surface area contributed by atoms with Crippen LogP contribution in [0.3, 0.4) is 0 Å². The molecule has 0 fully saturated rings. The third kappa shape index (κ3) is 16.7. The number of nitrogens with two attached hydrogens (primary N) is 2. The second-order valence-electron chi connectivity index (χ2n) is 21.4. The van der Waals surface area contributed by atoms with E-state index in [-0.39, 0.29) is 32.3 Å². The maximum atomic E-state index is 16.2. The molecule has 20 heteroatoms. The van der Waals surface area contributed by atoms with E-state index < -0.39 is 103 Å². The molecular weight excluding hydrogens is 1010 g/mol. The molecule has 0 unspecified atom stereocenters. The van der Waals surface area contributed by atoms with Crippen LogP contribution in [0.5, 0.6) is 0 Å². The molecule has 76 heavy (non-hydrogen) atoms. The van der Waals surface area contributed by atoms with Gasteiger partial charge in [0.1, 0.15) is 6.04 Å². The number of ketones is 1. The van der Waals surface area contributed by atoms with Crippen LogP contribution in [0.15, 0.2) is 72.8 Å². The number of aryl methyl sites for hydroxylation is 2. The van der Waals surface area contributed by atoms with Crippen LogP contribution in [0, 0.1) is 16.7 Å². The van der Waals surface area contributed by atoms with Gasteiger partial charge in [-0.3, -0.25) is 47.3 Å². The summed E-state index contributed by atoms with van der Waals surface area (Å²) in [5.41, 5.74) is 8.95. The Kier molecular flexibility index (Phi) is 21.8. The summed E-state index contributed by atoms with van der Waals surface area (Å²) in [6.07, 6.45) is 4.28. The van der Waals surface area contributed by atoms with Crippen LogP contribution in [0.1, 0.15) is 127 Å². The quantitative estimate of drug-likeness (QED) is 0.0203. The van der Waals surface area contributed by atoms with Crippen LogP contribution in [-0.2, 0) is 92.9 Å². The van der Waals surface area contributed by atoms with Gasteiger partial charge in [-0.25, -0.2) is 0 Å². The van der Waals surface area contributed by atoms with E-state index in [9.17, 15) is 33.3 Å². The fourth-order valence-electron chi connectivity index (χ4n) is 8.55. The summed E-state index contributed by atoms with van der Waals surface area (Å²) in [6.45, 7) is 12.4. The van der Waals surface area contributed by atoms with Gasteiger partial charge in [0, 0.05) is 44.0 Å². The molecule has 5 rings (SSSR count). The van der Waals surface area contributed by atoms with Crippen molar-refractivity contribution in [1.82, 2.24) is 5.32 Å². The third-order valence-corrected chi connectivity index (χ3v) is 14.9. The van der Waals surface area contributed by atoms with Crippen molar-refractivity contribution in [3.05, 3.63) is 106 Å². The van der Waals surface area contributed by atoms with E-state index in [1.807, 2.05) is 49.4 Å². The summed E-state index contributed by atoms with van der Waals surface area (Å²) in [5.74, 6) is -4.28. The smallest absolute Gasteiger partial charge is 0.410 e. The lowest BCUT2D eigenvalue weighted by atomic mass is 9.92. The van der Waals surface area contributed by atoms with E-state index in [0.29, 0.717) is 49.4 Å². The molecule has 17 nitrogen and oxygen atoms in total. The number of esters is 2. The van der Waals surface area contributed by atoms with E-state index in [1.54, 1.807) is 6.92 Å². The number of carbonyl (C=O) groups excluding carboxylic acids is 6. The first-order chi connectivity index (χ1) is 35.7. The summed E-state index contributed by atoms with van der Waals surface area (Å²) in [7, 11) is -5.57. The van der Waals surface area contributed by atoms with Crippen molar-refractivity contribution in [2.75, 3.05) is 38.2 Å². The number of rotatable bonds is 28. The van der Waals surface area contributed by atoms with Gasteiger partial charge in [0.25, 0.3) is 0 Å². The molecule has 0 aromatic heterocycles. The van der Waals surface area contributed by atoms with Crippen molar-refractivity contribution < 1.29 is 70.1 Å². The van der Waals surface area contributed by atoms with E-state index in [2.05, 4.69) is 5.32 Å². The van der Waals surface area contributed by atoms with Gasteiger partial charge in [-0.15, -0.1) is 0 Å². The predicted molar refractivity (Wildman–Crippen MR) is 281 cm³/mol. The van der Waals surface area contributed by atoms with Crippen molar-refractivity contribution in [3.63, 3.8) is 0 Å². The Balaban J connectivity index is 1.26. The molecular formula is C56H75F2N4O13P. The van der Waals surface area contributed by atoms with E-state index in [1.165, 1.54) is 64.7 Å². The monoisotopic (exact) mass is 1080 g/mol. The molecule has 0 spiro atoms. The normalized spacial score (nSPS) is 16.9. The van der Waals surface area contributed by atoms with E-state index >= 15 is 8.78 Å². The van der Waals surface area contributed by atoms with Crippen LogP contribution < -0.4 is 21.7 Å². The van der Waals surface area contributed by atoms with Crippen molar-refractivity contribution >= 4 is 54.3 Å². The number of nitrogens with one attached hydrogen (secondary N) is 1. The number of nitrogens with zero attached hydrogens (tertiary/aromatic N) is 1. The number of amides is 3. The molecule has 3 aromatic rings. The van der Waals surface area contributed by atoms with Crippen molar-refractivity contribution in [1.29, 1.82) is 0 Å².